The highest BCUT2D eigenvalue weighted by atomic mass is 19.4. The van der Waals surface area contributed by atoms with Gasteiger partial charge in [-0.25, -0.2) is 9.48 Å². The zero-order valence-corrected chi connectivity index (χ0v) is 21.2. The molecule has 0 unspecified atom stereocenters. The van der Waals surface area contributed by atoms with Crippen molar-refractivity contribution in [2.75, 3.05) is 30.8 Å². The molecule has 39 heavy (non-hydrogen) atoms. The van der Waals surface area contributed by atoms with Gasteiger partial charge in [0.25, 0.3) is 0 Å². The molecule has 0 aliphatic rings. The van der Waals surface area contributed by atoms with Crippen LogP contribution in [0.15, 0.2) is 84.9 Å². The van der Waals surface area contributed by atoms with Gasteiger partial charge in [-0.1, -0.05) is 42.5 Å². The summed E-state index contributed by atoms with van der Waals surface area (Å²) in [5.74, 6) is 0.449. The predicted molar refractivity (Wildman–Crippen MR) is 142 cm³/mol. The molecule has 1 aromatic heterocycles. The van der Waals surface area contributed by atoms with Crippen molar-refractivity contribution in [2.24, 2.45) is 0 Å². The van der Waals surface area contributed by atoms with Gasteiger partial charge in [0.05, 0.1) is 29.7 Å². The Morgan fingerprint density at radius 3 is 2.26 bits per heavy atom. The lowest BCUT2D eigenvalue weighted by Gasteiger charge is -2.22. The van der Waals surface area contributed by atoms with Crippen LogP contribution in [0, 0.1) is 0 Å². The first-order valence-corrected chi connectivity index (χ1v) is 12.0. The van der Waals surface area contributed by atoms with Gasteiger partial charge in [-0.15, -0.1) is 0 Å². The molecule has 1 heterocycles. The fourth-order valence-corrected chi connectivity index (χ4v) is 3.86. The Balaban J connectivity index is 1.54. The Kier molecular flexibility index (Phi) is 8.18. The van der Waals surface area contributed by atoms with E-state index in [9.17, 15) is 22.8 Å². The summed E-state index contributed by atoms with van der Waals surface area (Å²) < 4.78 is 46.8. The van der Waals surface area contributed by atoms with Crippen molar-refractivity contribution in [3.05, 3.63) is 90.5 Å². The predicted octanol–water partition coefficient (Wildman–Crippen LogP) is 6.06. The summed E-state index contributed by atoms with van der Waals surface area (Å²) in [7, 11) is 1.55. The number of nitrogens with one attached hydrogen (secondary N) is 2. The number of ether oxygens (including phenoxy) is 1. The lowest BCUT2D eigenvalue weighted by Crippen LogP contribution is -2.40. The smallest absolute Gasteiger partial charge is 0.418 e. The first-order chi connectivity index (χ1) is 18.7. The number of benzene rings is 3. The zero-order valence-electron chi connectivity index (χ0n) is 21.2. The second-order valence-corrected chi connectivity index (χ2v) is 8.43. The molecular formula is C28H26F3N5O3. The molecule has 0 saturated heterocycles. The fraction of sp³-hybridized carbons (Fsp3) is 0.179. The van der Waals surface area contributed by atoms with Gasteiger partial charge < -0.3 is 20.3 Å². The molecule has 0 bridgehead atoms. The van der Waals surface area contributed by atoms with Crippen LogP contribution in [0.25, 0.3) is 16.9 Å². The fourth-order valence-electron chi connectivity index (χ4n) is 3.86. The third-order valence-electron chi connectivity index (χ3n) is 5.84. The van der Waals surface area contributed by atoms with Gasteiger partial charge in [-0.2, -0.15) is 18.3 Å². The normalized spacial score (nSPS) is 11.1. The van der Waals surface area contributed by atoms with Gasteiger partial charge in [0, 0.05) is 18.2 Å². The van der Waals surface area contributed by atoms with Crippen LogP contribution in [0.1, 0.15) is 12.5 Å². The molecule has 11 heteroatoms. The number of halogens is 3. The Bertz CT molecular complexity index is 1440. The standard InChI is InChI=1S/C28H26F3N5O3/c1-3-35(27(38)32-23-12-8-7-11-22(23)28(29,30)31)18-26(37)33-25-17-24(19-9-5-4-6-10-19)34-36(25)20-13-15-21(39-2)16-14-20/h4-17H,3,18H2,1-2H3,(H,32,38)(H,33,37). The third kappa shape index (κ3) is 6.56. The van der Waals surface area contributed by atoms with Crippen molar-refractivity contribution >= 4 is 23.4 Å². The minimum Gasteiger partial charge on any atom is -0.497 e. The zero-order chi connectivity index (χ0) is 28.0. The number of likely N-dealkylation sites (N-methyl/N-ethyl adjacent to an activating group) is 1. The van der Waals surface area contributed by atoms with E-state index in [0.717, 1.165) is 22.6 Å². The van der Waals surface area contributed by atoms with Crippen LogP contribution < -0.4 is 15.4 Å². The number of alkyl halides is 3. The number of carbonyl (C=O) groups is 2. The van der Waals surface area contributed by atoms with E-state index in [1.54, 1.807) is 49.0 Å². The minimum atomic E-state index is -4.64. The third-order valence-corrected chi connectivity index (χ3v) is 5.84. The second kappa shape index (κ2) is 11.7. The van der Waals surface area contributed by atoms with Gasteiger partial charge in [-0.3, -0.25) is 4.79 Å². The number of anilines is 2. The molecule has 0 atom stereocenters. The number of hydrogen-bond donors (Lipinski definition) is 2. The summed E-state index contributed by atoms with van der Waals surface area (Å²) in [6, 6.07) is 22.0. The van der Waals surface area contributed by atoms with Crippen LogP contribution in [-0.4, -0.2) is 46.8 Å². The van der Waals surface area contributed by atoms with Crippen LogP contribution in [0.2, 0.25) is 0 Å². The average Bonchev–Trinajstić information content (AvgIpc) is 3.35. The van der Waals surface area contributed by atoms with Gasteiger partial charge >= 0.3 is 12.2 Å². The topological polar surface area (TPSA) is 88.5 Å². The number of urea groups is 1. The summed E-state index contributed by atoms with van der Waals surface area (Å²) in [5, 5.41) is 9.69. The van der Waals surface area contributed by atoms with E-state index in [0.29, 0.717) is 22.9 Å². The number of para-hydroxylation sites is 1. The van der Waals surface area contributed by atoms with E-state index < -0.39 is 30.2 Å². The molecule has 202 valence electrons. The molecule has 0 spiro atoms. The maximum Gasteiger partial charge on any atom is 0.418 e. The van der Waals surface area contributed by atoms with Crippen molar-refractivity contribution in [2.45, 2.75) is 13.1 Å². The Morgan fingerprint density at radius 2 is 1.62 bits per heavy atom. The van der Waals surface area contributed by atoms with E-state index in [2.05, 4.69) is 15.7 Å². The highest BCUT2D eigenvalue weighted by Gasteiger charge is 2.34. The molecule has 0 aliphatic carbocycles. The molecule has 3 amide bonds. The quantitative estimate of drug-likeness (QED) is 0.286. The highest BCUT2D eigenvalue weighted by molar-refractivity contribution is 5.97. The summed E-state index contributed by atoms with van der Waals surface area (Å²) >= 11 is 0. The van der Waals surface area contributed by atoms with E-state index >= 15 is 0 Å². The Hall–Kier alpha value is -4.80. The molecule has 0 saturated carbocycles. The summed E-state index contributed by atoms with van der Waals surface area (Å²) in [5.41, 5.74) is 0.727. The Labute approximate surface area is 223 Å². The molecule has 8 nitrogen and oxygen atoms in total. The van der Waals surface area contributed by atoms with Gasteiger partial charge in [0.2, 0.25) is 5.91 Å². The maximum atomic E-state index is 13.3. The molecule has 0 aliphatic heterocycles. The number of amides is 3. The number of hydrogen-bond acceptors (Lipinski definition) is 4. The first kappa shape index (κ1) is 27.2. The van der Waals surface area contributed by atoms with Gasteiger partial charge in [-0.05, 0) is 43.3 Å². The molecule has 0 radical (unpaired) electrons. The van der Waals surface area contributed by atoms with Gasteiger partial charge in [0.15, 0.2) is 0 Å². The molecule has 0 fully saturated rings. The molecule has 2 N–H and O–H groups in total. The van der Waals surface area contributed by atoms with Crippen molar-refractivity contribution < 1.29 is 27.5 Å². The number of aromatic nitrogens is 2. The summed E-state index contributed by atoms with van der Waals surface area (Å²) in [6.07, 6.45) is -4.64. The number of carbonyl (C=O) groups excluding carboxylic acids is 2. The summed E-state index contributed by atoms with van der Waals surface area (Å²) in [4.78, 5) is 26.9. The van der Waals surface area contributed by atoms with Crippen molar-refractivity contribution in [1.29, 1.82) is 0 Å². The molecule has 3 aromatic carbocycles. The number of methoxy groups -OCH3 is 1. The van der Waals surface area contributed by atoms with Crippen molar-refractivity contribution in [3.8, 4) is 22.7 Å². The number of rotatable bonds is 8. The number of nitrogens with zero attached hydrogens (tertiary/aromatic N) is 3. The monoisotopic (exact) mass is 537 g/mol. The van der Waals surface area contributed by atoms with Gasteiger partial charge in [0.1, 0.15) is 18.1 Å². The molecule has 4 rings (SSSR count). The first-order valence-electron chi connectivity index (χ1n) is 12.0. The van der Waals surface area contributed by atoms with Crippen molar-refractivity contribution in [1.82, 2.24) is 14.7 Å². The van der Waals surface area contributed by atoms with Crippen LogP contribution in [0.3, 0.4) is 0 Å². The highest BCUT2D eigenvalue weighted by Crippen LogP contribution is 2.34. The van der Waals surface area contributed by atoms with E-state index in [4.69, 9.17) is 4.74 Å². The van der Waals surface area contributed by atoms with E-state index in [-0.39, 0.29) is 12.2 Å². The maximum absolute atomic E-state index is 13.3. The SMILES string of the molecule is CCN(CC(=O)Nc1cc(-c2ccccc2)nn1-c1ccc(OC)cc1)C(=O)Nc1ccccc1C(F)(F)F. The lowest BCUT2D eigenvalue weighted by molar-refractivity contribution is -0.137. The molecular weight excluding hydrogens is 511 g/mol. The van der Waals surface area contributed by atoms with Crippen molar-refractivity contribution in [3.63, 3.8) is 0 Å². The van der Waals surface area contributed by atoms with Crippen LogP contribution in [0.5, 0.6) is 5.75 Å². The van der Waals surface area contributed by atoms with Crippen LogP contribution in [-0.2, 0) is 11.0 Å². The van der Waals surface area contributed by atoms with Crippen LogP contribution >= 0.6 is 0 Å². The van der Waals surface area contributed by atoms with E-state index in [1.807, 2.05) is 30.3 Å². The van der Waals surface area contributed by atoms with E-state index in [1.165, 1.54) is 12.1 Å². The van der Waals surface area contributed by atoms with Crippen LogP contribution in [0.4, 0.5) is 29.5 Å². The Morgan fingerprint density at radius 1 is 0.949 bits per heavy atom. The average molecular weight is 538 g/mol. The second-order valence-electron chi connectivity index (χ2n) is 8.43. The molecule has 4 aromatic rings. The minimum absolute atomic E-state index is 0.0838. The summed E-state index contributed by atoms with van der Waals surface area (Å²) in [6.45, 7) is 1.31. The largest absolute Gasteiger partial charge is 0.497 e. The lowest BCUT2D eigenvalue weighted by atomic mass is 10.1.